The number of carbonyl (C=O) groups is 3. The maximum absolute atomic E-state index is 12.3. The molecule has 0 saturated carbocycles. The third kappa shape index (κ3) is 7.33. The van der Waals surface area contributed by atoms with Crippen LogP contribution in [0, 0.1) is 6.92 Å². The van der Waals surface area contributed by atoms with Crippen molar-refractivity contribution in [1.82, 2.24) is 0 Å². The molecule has 32 heavy (non-hydrogen) atoms. The summed E-state index contributed by atoms with van der Waals surface area (Å²) < 4.78 is 43.8. The van der Waals surface area contributed by atoms with Crippen molar-refractivity contribution in [2.45, 2.75) is 11.8 Å². The van der Waals surface area contributed by atoms with Gasteiger partial charge in [-0.05, 0) is 31.2 Å². The number of benzene rings is 2. The van der Waals surface area contributed by atoms with Crippen LogP contribution in [0.2, 0.25) is 0 Å². The minimum Gasteiger partial charge on any atom is -0.460 e. The molecule has 0 amide bonds. The molecule has 0 aliphatic rings. The molecular formula is C22H22O9S. The van der Waals surface area contributed by atoms with Gasteiger partial charge in [0.25, 0.3) is 10.1 Å². The standard InChI is InChI=1S/C22H22O9S/c1-3-20(23)28-12-13-29-21(24)18-6-4-5-7-19(18)22(25)30-14-15-31-32(26,27)17-10-8-16(2)9-11-17/h3-11H,1,12-15H2,2H3. The van der Waals surface area contributed by atoms with E-state index in [1.54, 1.807) is 12.1 Å². The van der Waals surface area contributed by atoms with E-state index >= 15 is 0 Å². The number of hydrogen-bond donors (Lipinski definition) is 0. The lowest BCUT2D eigenvalue weighted by molar-refractivity contribution is -0.138. The molecular weight excluding hydrogens is 440 g/mol. The molecule has 0 bridgehead atoms. The number of carbonyl (C=O) groups excluding carboxylic acids is 3. The summed E-state index contributed by atoms with van der Waals surface area (Å²) in [5.41, 5.74) is 0.774. The highest BCUT2D eigenvalue weighted by molar-refractivity contribution is 7.86. The first-order valence-corrected chi connectivity index (χ1v) is 10.8. The number of hydrogen-bond acceptors (Lipinski definition) is 9. The van der Waals surface area contributed by atoms with E-state index in [0.29, 0.717) is 0 Å². The molecule has 0 atom stereocenters. The van der Waals surface area contributed by atoms with Crippen LogP contribution in [-0.2, 0) is 33.3 Å². The third-order valence-electron chi connectivity index (χ3n) is 3.96. The van der Waals surface area contributed by atoms with Crippen LogP contribution in [0.4, 0.5) is 0 Å². The fourth-order valence-electron chi connectivity index (χ4n) is 2.38. The lowest BCUT2D eigenvalue weighted by Gasteiger charge is -2.10. The van der Waals surface area contributed by atoms with Crippen molar-refractivity contribution in [2.75, 3.05) is 26.4 Å². The fourth-order valence-corrected chi connectivity index (χ4v) is 3.27. The van der Waals surface area contributed by atoms with E-state index in [0.717, 1.165) is 11.6 Å². The maximum Gasteiger partial charge on any atom is 0.339 e. The van der Waals surface area contributed by atoms with Crippen LogP contribution in [0.1, 0.15) is 26.3 Å². The zero-order valence-electron chi connectivity index (χ0n) is 17.3. The summed E-state index contributed by atoms with van der Waals surface area (Å²) in [4.78, 5) is 35.5. The predicted octanol–water partition coefficient (Wildman–Crippen LogP) is 2.44. The highest BCUT2D eigenvalue weighted by Gasteiger charge is 2.20. The third-order valence-corrected chi connectivity index (χ3v) is 5.29. The summed E-state index contributed by atoms with van der Waals surface area (Å²) in [6, 6.07) is 11.9. The first-order chi connectivity index (χ1) is 15.2. The van der Waals surface area contributed by atoms with Gasteiger partial charge in [-0.2, -0.15) is 8.42 Å². The molecule has 2 rings (SSSR count). The molecule has 0 heterocycles. The zero-order chi connectivity index (χ0) is 23.6. The van der Waals surface area contributed by atoms with Gasteiger partial charge >= 0.3 is 17.9 Å². The topological polar surface area (TPSA) is 122 Å². The average Bonchev–Trinajstić information content (AvgIpc) is 2.79. The molecule has 2 aromatic rings. The summed E-state index contributed by atoms with van der Waals surface area (Å²) >= 11 is 0. The summed E-state index contributed by atoms with van der Waals surface area (Å²) in [5, 5.41) is 0. The first-order valence-electron chi connectivity index (χ1n) is 9.43. The Labute approximate surface area is 185 Å². The van der Waals surface area contributed by atoms with Gasteiger partial charge < -0.3 is 14.2 Å². The van der Waals surface area contributed by atoms with Crippen molar-refractivity contribution < 1.29 is 41.2 Å². The molecule has 0 spiro atoms. The molecule has 0 saturated heterocycles. The van der Waals surface area contributed by atoms with Crippen LogP contribution >= 0.6 is 0 Å². The average molecular weight is 462 g/mol. The van der Waals surface area contributed by atoms with E-state index in [4.69, 9.17) is 18.4 Å². The molecule has 2 aromatic carbocycles. The molecule has 0 aliphatic heterocycles. The number of esters is 3. The Morgan fingerprint density at radius 1 is 0.812 bits per heavy atom. The lowest BCUT2D eigenvalue weighted by atomic mass is 10.1. The van der Waals surface area contributed by atoms with E-state index in [-0.39, 0.29) is 35.8 Å². The monoisotopic (exact) mass is 462 g/mol. The van der Waals surface area contributed by atoms with Crippen molar-refractivity contribution in [3.8, 4) is 0 Å². The van der Waals surface area contributed by atoms with E-state index < -0.39 is 34.6 Å². The van der Waals surface area contributed by atoms with E-state index in [1.807, 2.05) is 6.92 Å². The highest BCUT2D eigenvalue weighted by Crippen LogP contribution is 2.14. The second-order valence-electron chi connectivity index (χ2n) is 6.28. The van der Waals surface area contributed by atoms with Gasteiger partial charge in [-0.1, -0.05) is 36.4 Å². The van der Waals surface area contributed by atoms with Crippen LogP contribution in [0.15, 0.2) is 66.1 Å². The second-order valence-corrected chi connectivity index (χ2v) is 7.89. The van der Waals surface area contributed by atoms with Gasteiger partial charge in [0.2, 0.25) is 0 Å². The summed E-state index contributed by atoms with van der Waals surface area (Å²) in [6.07, 6.45) is 0.975. The predicted molar refractivity (Wildman–Crippen MR) is 112 cm³/mol. The van der Waals surface area contributed by atoms with Gasteiger partial charge in [-0.3, -0.25) is 4.18 Å². The maximum atomic E-state index is 12.3. The lowest BCUT2D eigenvalue weighted by Crippen LogP contribution is -2.18. The van der Waals surface area contributed by atoms with Gasteiger partial charge in [0, 0.05) is 6.08 Å². The van der Waals surface area contributed by atoms with Crippen LogP contribution in [0.25, 0.3) is 0 Å². The Hall–Kier alpha value is -3.50. The molecule has 0 aliphatic carbocycles. The molecule has 170 valence electrons. The molecule has 10 heteroatoms. The van der Waals surface area contributed by atoms with Crippen molar-refractivity contribution in [2.24, 2.45) is 0 Å². The van der Waals surface area contributed by atoms with Crippen molar-refractivity contribution >= 4 is 28.0 Å². The summed E-state index contributed by atoms with van der Waals surface area (Å²) in [7, 11) is -3.99. The van der Waals surface area contributed by atoms with E-state index in [1.165, 1.54) is 36.4 Å². The highest BCUT2D eigenvalue weighted by atomic mass is 32.2. The smallest absolute Gasteiger partial charge is 0.339 e. The second kappa shape index (κ2) is 11.8. The minimum absolute atomic E-state index is 0.0127. The quantitative estimate of drug-likeness (QED) is 0.163. The Bertz CT molecular complexity index is 1070. The Balaban J connectivity index is 1.88. The zero-order valence-corrected chi connectivity index (χ0v) is 18.1. The Morgan fingerprint density at radius 3 is 1.84 bits per heavy atom. The largest absolute Gasteiger partial charge is 0.460 e. The summed E-state index contributed by atoms with van der Waals surface area (Å²) in [5.74, 6) is -2.32. The molecule has 0 N–H and O–H groups in total. The first kappa shape index (κ1) is 24.8. The van der Waals surface area contributed by atoms with Gasteiger partial charge in [-0.25, -0.2) is 14.4 Å². The number of aryl methyl sites for hydroxylation is 1. The van der Waals surface area contributed by atoms with E-state index in [9.17, 15) is 22.8 Å². The fraction of sp³-hybridized carbons (Fsp3) is 0.227. The Morgan fingerprint density at radius 2 is 1.31 bits per heavy atom. The van der Waals surface area contributed by atoms with Gasteiger partial charge in [0.15, 0.2) is 0 Å². The van der Waals surface area contributed by atoms with Crippen molar-refractivity contribution in [1.29, 1.82) is 0 Å². The minimum atomic E-state index is -3.99. The number of rotatable bonds is 11. The van der Waals surface area contributed by atoms with Crippen LogP contribution in [-0.4, -0.2) is 52.8 Å². The molecule has 0 fully saturated rings. The molecule has 0 aromatic heterocycles. The van der Waals surface area contributed by atoms with Crippen LogP contribution in [0.5, 0.6) is 0 Å². The summed E-state index contributed by atoms with van der Waals surface area (Å²) in [6.45, 7) is 3.92. The van der Waals surface area contributed by atoms with Crippen LogP contribution in [0.3, 0.4) is 0 Å². The van der Waals surface area contributed by atoms with Gasteiger partial charge in [0.1, 0.15) is 26.4 Å². The Kier molecular flexibility index (Phi) is 9.11. The van der Waals surface area contributed by atoms with Gasteiger partial charge in [-0.15, -0.1) is 0 Å². The molecule has 0 unspecified atom stereocenters. The van der Waals surface area contributed by atoms with Crippen molar-refractivity contribution in [3.63, 3.8) is 0 Å². The number of ether oxygens (including phenoxy) is 3. The van der Waals surface area contributed by atoms with Crippen molar-refractivity contribution in [3.05, 3.63) is 77.9 Å². The van der Waals surface area contributed by atoms with Gasteiger partial charge in [0.05, 0.1) is 16.0 Å². The molecule has 0 radical (unpaired) electrons. The van der Waals surface area contributed by atoms with E-state index in [2.05, 4.69) is 6.58 Å². The normalized spacial score (nSPS) is 10.8. The molecule has 9 nitrogen and oxygen atoms in total. The SMILES string of the molecule is C=CC(=O)OCCOC(=O)c1ccccc1C(=O)OCCOS(=O)(=O)c1ccc(C)cc1. The van der Waals surface area contributed by atoms with Crippen LogP contribution < -0.4 is 0 Å².